The van der Waals surface area contributed by atoms with Crippen molar-refractivity contribution in [2.24, 2.45) is 0 Å². The Kier molecular flexibility index (Phi) is 4.78. The third-order valence-corrected chi connectivity index (χ3v) is 4.95. The molecule has 1 aromatic rings. The zero-order chi connectivity index (χ0) is 14.0. The number of halogens is 2. The zero-order valence-corrected chi connectivity index (χ0v) is 13.0. The molecule has 0 amide bonds. The summed E-state index contributed by atoms with van der Waals surface area (Å²) in [5.41, 5.74) is 0.511. The molecule has 0 aliphatic heterocycles. The van der Waals surface area contributed by atoms with Crippen molar-refractivity contribution in [1.29, 1.82) is 0 Å². The minimum absolute atomic E-state index is 0.230. The molecule has 0 spiro atoms. The molecule has 0 saturated heterocycles. The Bertz CT molecular complexity index is 442. The molecular weight excluding hydrogens is 281 g/mol. The topological polar surface area (TPSA) is 23.5 Å². The van der Waals surface area contributed by atoms with Crippen molar-refractivity contribution >= 4 is 23.2 Å². The summed E-state index contributed by atoms with van der Waals surface area (Å²) in [5.74, 6) is 0. The van der Waals surface area contributed by atoms with Crippen molar-refractivity contribution in [3.63, 3.8) is 0 Å². The second-order valence-electron chi connectivity index (χ2n) is 5.63. The first kappa shape index (κ1) is 15.1. The number of benzene rings is 1. The van der Waals surface area contributed by atoms with Crippen molar-refractivity contribution in [2.75, 3.05) is 14.1 Å². The largest absolute Gasteiger partial charge is 0.386 e. The van der Waals surface area contributed by atoms with Gasteiger partial charge in [0, 0.05) is 15.6 Å². The van der Waals surface area contributed by atoms with Gasteiger partial charge in [0.1, 0.15) is 0 Å². The molecule has 1 atom stereocenters. The van der Waals surface area contributed by atoms with Crippen LogP contribution in [0.1, 0.15) is 43.8 Å². The molecule has 1 saturated carbocycles. The minimum Gasteiger partial charge on any atom is -0.386 e. The van der Waals surface area contributed by atoms with E-state index in [2.05, 4.69) is 4.90 Å². The van der Waals surface area contributed by atoms with E-state index in [-0.39, 0.29) is 5.54 Å². The first-order valence-electron chi connectivity index (χ1n) is 6.78. The highest BCUT2D eigenvalue weighted by molar-refractivity contribution is 6.33. The molecule has 1 aromatic carbocycles. The predicted octanol–water partition coefficient (Wildman–Crippen LogP) is 4.29. The molecule has 1 aliphatic carbocycles. The average Bonchev–Trinajstić information content (AvgIpc) is 2.41. The van der Waals surface area contributed by atoms with E-state index >= 15 is 0 Å². The van der Waals surface area contributed by atoms with Gasteiger partial charge in [0.05, 0.1) is 11.6 Å². The van der Waals surface area contributed by atoms with E-state index in [0.717, 1.165) is 31.2 Å². The van der Waals surface area contributed by atoms with Gasteiger partial charge in [-0.2, -0.15) is 0 Å². The van der Waals surface area contributed by atoms with Gasteiger partial charge in [-0.25, -0.2) is 0 Å². The van der Waals surface area contributed by atoms with Crippen LogP contribution in [0.4, 0.5) is 0 Å². The van der Waals surface area contributed by atoms with E-state index in [4.69, 9.17) is 23.2 Å². The number of likely N-dealkylation sites (N-methyl/N-ethyl adjacent to an activating group) is 1. The maximum atomic E-state index is 10.9. The number of aliphatic hydroxyl groups excluding tert-OH is 1. The lowest BCUT2D eigenvalue weighted by Crippen LogP contribution is -2.50. The molecule has 4 heteroatoms. The molecule has 2 rings (SSSR count). The maximum Gasteiger partial charge on any atom is 0.0988 e. The van der Waals surface area contributed by atoms with Gasteiger partial charge in [0.25, 0.3) is 0 Å². The highest BCUT2D eigenvalue weighted by atomic mass is 35.5. The fourth-order valence-corrected chi connectivity index (χ4v) is 3.54. The van der Waals surface area contributed by atoms with Crippen LogP contribution in [0.2, 0.25) is 10.0 Å². The smallest absolute Gasteiger partial charge is 0.0988 e. The Morgan fingerprint density at radius 3 is 2.37 bits per heavy atom. The summed E-state index contributed by atoms with van der Waals surface area (Å²) >= 11 is 12.3. The van der Waals surface area contributed by atoms with Crippen LogP contribution in [0.5, 0.6) is 0 Å². The molecule has 1 N–H and O–H groups in total. The van der Waals surface area contributed by atoms with E-state index in [1.54, 1.807) is 18.2 Å². The Morgan fingerprint density at radius 2 is 1.79 bits per heavy atom. The van der Waals surface area contributed by atoms with E-state index in [0.29, 0.717) is 10.0 Å². The molecule has 2 nitrogen and oxygen atoms in total. The van der Waals surface area contributed by atoms with Gasteiger partial charge in [0.2, 0.25) is 0 Å². The summed E-state index contributed by atoms with van der Waals surface area (Å²) in [5, 5.41) is 12.1. The molecule has 106 valence electrons. The second kappa shape index (κ2) is 6.01. The van der Waals surface area contributed by atoms with Gasteiger partial charge in [-0.1, -0.05) is 42.5 Å². The number of hydrogen-bond donors (Lipinski definition) is 1. The van der Waals surface area contributed by atoms with E-state index in [9.17, 15) is 5.11 Å². The average molecular weight is 302 g/mol. The highest BCUT2D eigenvalue weighted by Crippen LogP contribution is 2.44. The monoisotopic (exact) mass is 301 g/mol. The highest BCUT2D eigenvalue weighted by Gasteiger charge is 2.42. The third kappa shape index (κ3) is 2.92. The molecule has 0 radical (unpaired) electrons. The SMILES string of the molecule is CN(C)C1(C(O)c2cc(Cl)ccc2Cl)CCCCC1. The second-order valence-corrected chi connectivity index (χ2v) is 6.47. The zero-order valence-electron chi connectivity index (χ0n) is 11.5. The van der Waals surface area contributed by atoms with Gasteiger partial charge in [-0.3, -0.25) is 0 Å². The quantitative estimate of drug-likeness (QED) is 0.900. The molecule has 19 heavy (non-hydrogen) atoms. The van der Waals surface area contributed by atoms with Crippen LogP contribution in [0, 0.1) is 0 Å². The van der Waals surface area contributed by atoms with Crippen LogP contribution in [0.25, 0.3) is 0 Å². The standard InChI is InChI=1S/C15H21Cl2NO/c1-18(2)15(8-4-3-5-9-15)14(19)12-10-11(16)6-7-13(12)17/h6-7,10,14,19H,3-5,8-9H2,1-2H3. The molecule has 0 heterocycles. The third-order valence-electron chi connectivity index (χ3n) is 4.37. The number of aliphatic hydroxyl groups is 1. The van der Waals surface area contributed by atoms with Crippen molar-refractivity contribution < 1.29 is 5.11 Å². The van der Waals surface area contributed by atoms with Crippen LogP contribution in [0.15, 0.2) is 18.2 Å². The van der Waals surface area contributed by atoms with Crippen molar-refractivity contribution in [1.82, 2.24) is 4.90 Å². The van der Waals surface area contributed by atoms with Crippen LogP contribution in [-0.4, -0.2) is 29.6 Å². The Hall–Kier alpha value is -0.280. The minimum atomic E-state index is -0.603. The number of nitrogens with zero attached hydrogens (tertiary/aromatic N) is 1. The number of hydrogen-bond acceptors (Lipinski definition) is 2. The Morgan fingerprint density at radius 1 is 1.16 bits per heavy atom. The van der Waals surface area contributed by atoms with Crippen molar-refractivity contribution in [2.45, 2.75) is 43.7 Å². The molecule has 1 fully saturated rings. The lowest BCUT2D eigenvalue weighted by molar-refractivity contribution is -0.0335. The predicted molar refractivity (Wildman–Crippen MR) is 80.9 cm³/mol. The molecular formula is C15H21Cl2NO. The fraction of sp³-hybridized carbons (Fsp3) is 0.600. The number of rotatable bonds is 3. The summed E-state index contributed by atoms with van der Waals surface area (Å²) in [7, 11) is 4.07. The van der Waals surface area contributed by atoms with E-state index < -0.39 is 6.10 Å². The first-order chi connectivity index (χ1) is 8.97. The van der Waals surface area contributed by atoms with Gasteiger partial charge in [-0.05, 0) is 45.1 Å². The summed E-state index contributed by atoms with van der Waals surface area (Å²) in [6.07, 6.45) is 4.91. The summed E-state index contributed by atoms with van der Waals surface area (Å²) in [6, 6.07) is 5.30. The van der Waals surface area contributed by atoms with Crippen LogP contribution < -0.4 is 0 Å². The van der Waals surface area contributed by atoms with Crippen LogP contribution in [-0.2, 0) is 0 Å². The normalized spacial score (nSPS) is 20.5. The molecule has 1 aliphatic rings. The van der Waals surface area contributed by atoms with Crippen molar-refractivity contribution in [3.8, 4) is 0 Å². The Labute approximate surface area is 125 Å². The van der Waals surface area contributed by atoms with E-state index in [1.807, 2.05) is 14.1 Å². The maximum absolute atomic E-state index is 10.9. The summed E-state index contributed by atoms with van der Waals surface area (Å²) in [6.45, 7) is 0. The van der Waals surface area contributed by atoms with Gasteiger partial charge < -0.3 is 10.0 Å². The molecule has 0 bridgehead atoms. The van der Waals surface area contributed by atoms with Crippen LogP contribution >= 0.6 is 23.2 Å². The molecule has 1 unspecified atom stereocenters. The molecule has 0 aromatic heterocycles. The first-order valence-corrected chi connectivity index (χ1v) is 7.53. The summed E-state index contributed by atoms with van der Waals surface area (Å²) in [4.78, 5) is 2.15. The van der Waals surface area contributed by atoms with Gasteiger partial charge in [0.15, 0.2) is 0 Å². The lowest BCUT2D eigenvalue weighted by Gasteiger charge is -2.46. The van der Waals surface area contributed by atoms with Crippen molar-refractivity contribution in [3.05, 3.63) is 33.8 Å². The fourth-order valence-electron chi connectivity index (χ4n) is 3.14. The van der Waals surface area contributed by atoms with Gasteiger partial charge in [-0.15, -0.1) is 0 Å². The van der Waals surface area contributed by atoms with E-state index in [1.165, 1.54) is 6.42 Å². The van der Waals surface area contributed by atoms with Crippen LogP contribution in [0.3, 0.4) is 0 Å². The summed E-state index contributed by atoms with van der Waals surface area (Å²) < 4.78 is 0. The Balaban J connectivity index is 2.39. The van der Waals surface area contributed by atoms with Gasteiger partial charge >= 0.3 is 0 Å². The lowest BCUT2D eigenvalue weighted by atomic mass is 9.74.